The third-order valence-corrected chi connectivity index (χ3v) is 5.04. The Morgan fingerprint density at radius 3 is 3.17 bits per heavy atom. The highest BCUT2D eigenvalue weighted by Crippen LogP contribution is 2.22. The van der Waals surface area contributed by atoms with Crippen LogP contribution in [0.3, 0.4) is 0 Å². The molecule has 0 aromatic carbocycles. The number of rotatable bonds is 5. The molecule has 0 spiro atoms. The van der Waals surface area contributed by atoms with E-state index in [0.717, 1.165) is 35.4 Å². The van der Waals surface area contributed by atoms with Gasteiger partial charge in [0.25, 0.3) is 5.56 Å². The first-order valence-corrected chi connectivity index (χ1v) is 8.89. The molecule has 1 aliphatic rings. The van der Waals surface area contributed by atoms with Crippen LogP contribution in [-0.4, -0.2) is 22.2 Å². The van der Waals surface area contributed by atoms with E-state index in [-0.39, 0.29) is 11.5 Å². The predicted molar refractivity (Wildman–Crippen MR) is 90.7 cm³/mol. The molecule has 2 aromatic rings. The van der Waals surface area contributed by atoms with Gasteiger partial charge < -0.3 is 5.32 Å². The maximum Gasteiger partial charge on any atom is 0.267 e. The van der Waals surface area contributed by atoms with E-state index in [1.54, 1.807) is 17.4 Å². The molecule has 0 aliphatic heterocycles. The van der Waals surface area contributed by atoms with Gasteiger partial charge >= 0.3 is 0 Å². The Bertz CT molecular complexity index is 737. The lowest BCUT2D eigenvalue weighted by molar-refractivity contribution is -0.120. The van der Waals surface area contributed by atoms with E-state index in [4.69, 9.17) is 0 Å². The summed E-state index contributed by atoms with van der Waals surface area (Å²) < 4.78 is 1.47. The molecule has 0 radical (unpaired) electrons. The quantitative estimate of drug-likeness (QED) is 0.908. The van der Waals surface area contributed by atoms with Crippen LogP contribution >= 0.6 is 11.3 Å². The SMILES string of the molecule is C[C@H]1CCc2nn(CCNC(=O)Cc3cccs3)c(=O)cc2C1. The van der Waals surface area contributed by atoms with Gasteiger partial charge in [0.1, 0.15) is 0 Å². The van der Waals surface area contributed by atoms with Crippen molar-refractivity contribution in [2.24, 2.45) is 5.92 Å². The Hall–Kier alpha value is -1.95. The van der Waals surface area contributed by atoms with Crippen molar-refractivity contribution in [3.05, 3.63) is 50.1 Å². The van der Waals surface area contributed by atoms with Crippen LogP contribution in [-0.2, 0) is 30.6 Å². The zero-order valence-electron chi connectivity index (χ0n) is 13.2. The molecule has 2 heterocycles. The third-order valence-electron chi connectivity index (χ3n) is 4.17. The van der Waals surface area contributed by atoms with Crippen LogP contribution in [0.15, 0.2) is 28.4 Å². The van der Waals surface area contributed by atoms with Crippen molar-refractivity contribution in [1.29, 1.82) is 0 Å². The summed E-state index contributed by atoms with van der Waals surface area (Å²) >= 11 is 1.57. The van der Waals surface area contributed by atoms with Gasteiger partial charge in [-0.2, -0.15) is 5.10 Å². The lowest BCUT2D eigenvalue weighted by Crippen LogP contribution is -2.34. The molecule has 1 amide bonds. The largest absolute Gasteiger partial charge is 0.354 e. The lowest BCUT2D eigenvalue weighted by atomic mass is 9.88. The maximum atomic E-state index is 12.1. The first-order valence-electron chi connectivity index (χ1n) is 8.01. The van der Waals surface area contributed by atoms with Gasteiger partial charge in [0.15, 0.2) is 0 Å². The minimum Gasteiger partial charge on any atom is -0.354 e. The van der Waals surface area contributed by atoms with Crippen LogP contribution in [0, 0.1) is 5.92 Å². The number of aryl methyl sites for hydroxylation is 1. The number of fused-ring (bicyclic) bond motifs is 1. The van der Waals surface area contributed by atoms with Gasteiger partial charge in [0.2, 0.25) is 5.91 Å². The molecule has 3 rings (SSSR count). The molecule has 122 valence electrons. The average Bonchev–Trinajstić information content (AvgIpc) is 3.00. The average molecular weight is 331 g/mol. The van der Waals surface area contributed by atoms with Gasteiger partial charge in [-0.1, -0.05) is 13.0 Å². The van der Waals surface area contributed by atoms with Crippen LogP contribution in [0.4, 0.5) is 0 Å². The molecular formula is C17H21N3O2S. The normalized spacial score (nSPS) is 16.8. The Morgan fingerprint density at radius 1 is 1.52 bits per heavy atom. The van der Waals surface area contributed by atoms with E-state index in [2.05, 4.69) is 17.3 Å². The summed E-state index contributed by atoms with van der Waals surface area (Å²) in [6.45, 7) is 3.04. The van der Waals surface area contributed by atoms with Crippen molar-refractivity contribution < 1.29 is 4.79 Å². The number of carbonyl (C=O) groups is 1. The van der Waals surface area contributed by atoms with E-state index in [1.807, 2.05) is 17.5 Å². The summed E-state index contributed by atoms with van der Waals surface area (Å²) in [6, 6.07) is 5.59. The molecule has 0 unspecified atom stereocenters. The maximum absolute atomic E-state index is 12.1. The fourth-order valence-electron chi connectivity index (χ4n) is 2.91. The number of carbonyl (C=O) groups excluding carboxylic acids is 1. The fraction of sp³-hybridized carbons (Fsp3) is 0.471. The molecule has 6 heteroatoms. The van der Waals surface area contributed by atoms with Crippen molar-refractivity contribution in [2.75, 3.05) is 6.54 Å². The fourth-order valence-corrected chi connectivity index (χ4v) is 3.61. The zero-order chi connectivity index (χ0) is 16.2. The Labute approximate surface area is 139 Å². The van der Waals surface area contributed by atoms with Crippen LogP contribution in [0.25, 0.3) is 0 Å². The van der Waals surface area contributed by atoms with Crippen molar-refractivity contribution in [3.63, 3.8) is 0 Å². The van der Waals surface area contributed by atoms with Gasteiger partial charge in [-0.25, -0.2) is 4.68 Å². The molecule has 0 fully saturated rings. The highest BCUT2D eigenvalue weighted by molar-refractivity contribution is 7.10. The Kier molecular flexibility index (Phi) is 4.91. The molecule has 1 N–H and O–H groups in total. The summed E-state index contributed by atoms with van der Waals surface area (Å²) in [5.74, 6) is 0.600. The second-order valence-corrected chi connectivity index (χ2v) is 7.16. The first-order chi connectivity index (χ1) is 11.1. The summed E-state index contributed by atoms with van der Waals surface area (Å²) in [5, 5.41) is 9.28. The third kappa shape index (κ3) is 4.07. The van der Waals surface area contributed by atoms with Crippen molar-refractivity contribution >= 4 is 17.2 Å². The Balaban J connectivity index is 1.56. The minimum absolute atomic E-state index is 0.0210. The van der Waals surface area contributed by atoms with Gasteiger partial charge in [-0.3, -0.25) is 9.59 Å². The summed E-state index contributed by atoms with van der Waals surface area (Å²) in [6.07, 6.45) is 3.38. The molecule has 0 bridgehead atoms. The first kappa shape index (κ1) is 15.9. The van der Waals surface area contributed by atoms with E-state index < -0.39 is 0 Å². The number of hydrogen-bond donors (Lipinski definition) is 1. The van der Waals surface area contributed by atoms with Crippen molar-refractivity contribution in [1.82, 2.24) is 15.1 Å². The van der Waals surface area contributed by atoms with Crippen LogP contribution in [0.5, 0.6) is 0 Å². The second-order valence-electron chi connectivity index (χ2n) is 6.13. The number of amides is 1. The molecule has 0 saturated carbocycles. The van der Waals surface area contributed by atoms with E-state index >= 15 is 0 Å². The lowest BCUT2D eigenvalue weighted by Gasteiger charge is -2.21. The van der Waals surface area contributed by atoms with E-state index in [9.17, 15) is 9.59 Å². The highest BCUT2D eigenvalue weighted by atomic mass is 32.1. The van der Waals surface area contributed by atoms with Gasteiger partial charge in [-0.15, -0.1) is 11.3 Å². The summed E-state index contributed by atoms with van der Waals surface area (Å²) in [5.41, 5.74) is 2.05. The topological polar surface area (TPSA) is 64.0 Å². The number of nitrogens with one attached hydrogen (secondary N) is 1. The monoisotopic (exact) mass is 331 g/mol. The second kappa shape index (κ2) is 7.08. The summed E-state index contributed by atoms with van der Waals surface area (Å²) in [4.78, 5) is 25.0. The molecule has 0 saturated heterocycles. The predicted octanol–water partition coefficient (Wildman–Crippen LogP) is 1.79. The van der Waals surface area contributed by atoms with Gasteiger partial charge in [0.05, 0.1) is 18.7 Å². The zero-order valence-corrected chi connectivity index (χ0v) is 14.1. The number of hydrogen-bond acceptors (Lipinski definition) is 4. The number of nitrogens with zero attached hydrogens (tertiary/aromatic N) is 2. The molecule has 1 atom stereocenters. The standard InChI is InChI=1S/C17H21N3O2S/c1-12-4-5-15-13(9-12)10-17(22)20(19-15)7-6-18-16(21)11-14-3-2-8-23-14/h2-3,8,10,12H,4-7,9,11H2,1H3,(H,18,21)/t12-/m0/s1. The number of aromatic nitrogens is 2. The smallest absolute Gasteiger partial charge is 0.267 e. The van der Waals surface area contributed by atoms with Gasteiger partial charge in [-0.05, 0) is 42.2 Å². The number of thiophene rings is 1. The van der Waals surface area contributed by atoms with Crippen LogP contribution in [0.2, 0.25) is 0 Å². The van der Waals surface area contributed by atoms with Gasteiger partial charge in [0, 0.05) is 17.5 Å². The summed E-state index contributed by atoms with van der Waals surface area (Å²) in [7, 11) is 0. The highest BCUT2D eigenvalue weighted by Gasteiger charge is 2.18. The molecule has 2 aromatic heterocycles. The Morgan fingerprint density at radius 2 is 2.39 bits per heavy atom. The minimum atomic E-state index is -0.0784. The molecule has 1 aliphatic carbocycles. The van der Waals surface area contributed by atoms with Crippen LogP contribution < -0.4 is 10.9 Å². The molecule has 5 nitrogen and oxygen atoms in total. The van der Waals surface area contributed by atoms with Crippen LogP contribution in [0.1, 0.15) is 29.5 Å². The molecule has 23 heavy (non-hydrogen) atoms. The van der Waals surface area contributed by atoms with E-state index in [0.29, 0.717) is 25.4 Å². The molecular weight excluding hydrogens is 310 g/mol. The van der Waals surface area contributed by atoms with E-state index in [1.165, 1.54) is 4.68 Å². The van der Waals surface area contributed by atoms with Crippen molar-refractivity contribution in [3.8, 4) is 0 Å². The van der Waals surface area contributed by atoms with Crippen molar-refractivity contribution in [2.45, 2.75) is 39.2 Å².